The zero-order chi connectivity index (χ0) is 65.2. The van der Waals surface area contributed by atoms with Gasteiger partial charge in [-0.25, -0.2) is 9.59 Å². The standard InChI is InChI=1S/C33H48N2O7S.C27H38N2O5S.C6H11ClO2/c1-9-25(29(37)34-16-18-40-19-17-34)35(28(36)23-12-10-22(2)11-13-23)26-20-24(14-15-32(3,4)5)43-27(26)30(38)41-21-42-31(39)33(6,7)8;1-6-21(25(31)28-13-15-34-16-14-28)29(24(30)19-9-7-18(2)8-10-19)22-17-20(11-12-27(3,4)5)35-23(22)26(32)33;1-6(2,3)5(8)9-4-7/h20,22-23,25H,9-13,16-19,21H2,1-8H3;17-19,21H,6-10,13-16H2,1-5H3,(H,32,33);4H2,1-3H3/t22?,23?,25-;18?,19?,21-;/m00./s1. The largest absolute Gasteiger partial charge is 0.477 e. The maximum atomic E-state index is 14.4. The second-order valence-corrected chi connectivity index (χ2v) is 29.4. The quantitative estimate of drug-likeness (QED) is 0.0760. The molecule has 2 saturated heterocycles. The van der Waals surface area contributed by atoms with Crippen molar-refractivity contribution in [2.75, 3.05) is 75.3 Å². The minimum Gasteiger partial charge on any atom is -0.477 e. The minimum absolute atomic E-state index is 0.0500. The number of rotatable bonds is 15. The number of esters is 3. The van der Waals surface area contributed by atoms with Crippen molar-refractivity contribution < 1.29 is 67.1 Å². The van der Waals surface area contributed by atoms with E-state index in [0.29, 0.717) is 92.7 Å². The van der Waals surface area contributed by atoms with Gasteiger partial charge in [-0.2, -0.15) is 0 Å². The number of nitrogens with zero attached hydrogens (tertiary/aromatic N) is 4. The molecule has 2 atom stereocenters. The molecule has 484 valence electrons. The van der Waals surface area contributed by atoms with E-state index in [0.717, 1.165) is 74.0 Å². The Morgan fingerprint density at radius 3 is 1.26 bits per heavy atom. The lowest BCUT2D eigenvalue weighted by Crippen LogP contribution is -2.55. The molecule has 2 aromatic rings. The van der Waals surface area contributed by atoms with E-state index in [1.165, 1.54) is 9.80 Å². The number of amides is 4. The van der Waals surface area contributed by atoms with Gasteiger partial charge in [-0.1, -0.05) is 63.0 Å². The number of carbonyl (C=O) groups excluding carboxylic acids is 7. The molecule has 18 nitrogen and oxygen atoms in total. The third-order valence-electron chi connectivity index (χ3n) is 15.1. The van der Waals surface area contributed by atoms with Crippen molar-refractivity contribution in [3.8, 4) is 23.7 Å². The van der Waals surface area contributed by atoms with Crippen molar-refractivity contribution in [3.63, 3.8) is 0 Å². The highest BCUT2D eigenvalue weighted by Gasteiger charge is 2.42. The zero-order valence-electron chi connectivity index (χ0n) is 54.5. The number of halogens is 1. The van der Waals surface area contributed by atoms with E-state index in [-0.39, 0.29) is 73.8 Å². The predicted molar refractivity (Wildman–Crippen MR) is 341 cm³/mol. The van der Waals surface area contributed by atoms with Crippen molar-refractivity contribution in [2.24, 2.45) is 45.3 Å². The number of thiophene rings is 2. The molecule has 0 spiro atoms. The summed E-state index contributed by atoms with van der Waals surface area (Å²) in [5.74, 6) is 9.93. The lowest BCUT2D eigenvalue weighted by Gasteiger charge is -2.38. The molecule has 2 aliphatic carbocycles. The number of aromatic carboxylic acids is 1. The molecule has 4 aliphatic rings. The molecule has 21 heteroatoms. The van der Waals surface area contributed by atoms with E-state index in [9.17, 15) is 43.5 Å². The second kappa shape index (κ2) is 33.4. The average molecular weight is 1270 g/mol. The zero-order valence-corrected chi connectivity index (χ0v) is 56.9. The molecule has 2 saturated carbocycles. The Labute approximate surface area is 530 Å². The molecule has 0 radical (unpaired) electrons. The maximum Gasteiger partial charge on any atom is 0.353 e. The molecule has 0 bridgehead atoms. The van der Waals surface area contributed by atoms with E-state index in [1.807, 2.05) is 55.4 Å². The fourth-order valence-electron chi connectivity index (χ4n) is 9.94. The Kier molecular flexibility index (Phi) is 28.4. The van der Waals surface area contributed by atoms with Gasteiger partial charge < -0.3 is 38.6 Å². The molecule has 1 N–H and O–H groups in total. The Morgan fingerprint density at radius 2 is 0.943 bits per heavy atom. The lowest BCUT2D eigenvalue weighted by atomic mass is 9.82. The number of hydrogen-bond donors (Lipinski definition) is 1. The molecular formula is C66H97ClN4O14S2. The summed E-state index contributed by atoms with van der Waals surface area (Å²) in [6.07, 6.45) is 7.47. The molecule has 0 aromatic carbocycles. The van der Waals surface area contributed by atoms with Crippen molar-refractivity contribution in [2.45, 2.75) is 187 Å². The molecule has 2 aromatic heterocycles. The van der Waals surface area contributed by atoms with Crippen LogP contribution in [0.15, 0.2) is 12.1 Å². The summed E-state index contributed by atoms with van der Waals surface area (Å²) in [7, 11) is 0. The number of carboxylic acids is 1. The van der Waals surface area contributed by atoms with E-state index in [1.54, 1.807) is 63.5 Å². The van der Waals surface area contributed by atoms with E-state index < -0.39 is 47.6 Å². The molecule has 87 heavy (non-hydrogen) atoms. The molecular weight excluding hydrogens is 1170 g/mol. The summed E-state index contributed by atoms with van der Waals surface area (Å²) < 4.78 is 26.0. The smallest absolute Gasteiger partial charge is 0.353 e. The fourth-order valence-corrected chi connectivity index (χ4v) is 11.8. The monoisotopic (exact) mass is 1270 g/mol. The number of anilines is 2. The molecule has 4 amide bonds. The Bertz CT molecular complexity index is 2800. The van der Waals surface area contributed by atoms with Gasteiger partial charge in [-0.15, -0.1) is 22.7 Å². The third-order valence-corrected chi connectivity index (χ3v) is 17.2. The van der Waals surface area contributed by atoms with E-state index >= 15 is 0 Å². The Morgan fingerprint density at radius 1 is 0.586 bits per heavy atom. The van der Waals surface area contributed by atoms with Crippen LogP contribution in [0.3, 0.4) is 0 Å². The van der Waals surface area contributed by atoms with Crippen molar-refractivity contribution in [1.29, 1.82) is 0 Å². The van der Waals surface area contributed by atoms with Crippen LogP contribution in [-0.2, 0) is 52.5 Å². The summed E-state index contributed by atoms with van der Waals surface area (Å²) in [4.78, 5) is 113. The number of alkyl halides is 1. The minimum atomic E-state index is -1.11. The van der Waals surface area contributed by atoms with Gasteiger partial charge in [0.15, 0.2) is 6.07 Å². The topological polar surface area (TPSA) is 216 Å². The number of carbonyl (C=O) groups is 8. The van der Waals surface area contributed by atoms with Crippen LogP contribution in [-0.4, -0.2) is 140 Å². The van der Waals surface area contributed by atoms with Gasteiger partial charge in [0.25, 0.3) is 0 Å². The number of ether oxygens (including phenoxy) is 5. The first-order valence-corrected chi connectivity index (χ1v) is 32.8. The van der Waals surface area contributed by atoms with Crippen LogP contribution in [0.1, 0.15) is 204 Å². The first-order valence-electron chi connectivity index (χ1n) is 30.7. The Hall–Kier alpha value is -5.51. The van der Waals surface area contributed by atoms with Crippen molar-refractivity contribution >= 4 is 93.2 Å². The van der Waals surface area contributed by atoms with Crippen LogP contribution in [0, 0.1) is 69.0 Å². The van der Waals surface area contributed by atoms with Gasteiger partial charge in [0, 0.05) is 48.8 Å². The highest BCUT2D eigenvalue weighted by Crippen LogP contribution is 2.40. The second-order valence-electron chi connectivity index (χ2n) is 27.0. The fraction of sp³-hybridized carbons (Fsp3) is 0.697. The molecule has 6 rings (SSSR count). The predicted octanol–water partition coefficient (Wildman–Crippen LogP) is 12.1. The number of morpholine rings is 2. The first kappa shape index (κ1) is 74.0. The highest BCUT2D eigenvalue weighted by molar-refractivity contribution is 7.15. The molecule has 4 fully saturated rings. The van der Waals surface area contributed by atoms with Gasteiger partial charge in [0.1, 0.15) is 21.8 Å². The van der Waals surface area contributed by atoms with Crippen molar-refractivity contribution in [1.82, 2.24) is 9.80 Å². The highest BCUT2D eigenvalue weighted by atomic mass is 35.5. The van der Waals surface area contributed by atoms with Crippen LogP contribution in [0.2, 0.25) is 0 Å². The summed E-state index contributed by atoms with van der Waals surface area (Å²) >= 11 is 7.34. The van der Waals surface area contributed by atoms with Crippen LogP contribution < -0.4 is 9.80 Å². The van der Waals surface area contributed by atoms with Gasteiger partial charge in [-0.05, 0) is 171 Å². The normalized spacial score (nSPS) is 19.7. The van der Waals surface area contributed by atoms with E-state index in [2.05, 4.69) is 42.3 Å². The molecule has 4 heterocycles. The van der Waals surface area contributed by atoms with Crippen LogP contribution in [0.5, 0.6) is 0 Å². The van der Waals surface area contributed by atoms with Gasteiger partial charge >= 0.3 is 23.9 Å². The molecule has 2 aliphatic heterocycles. The van der Waals surface area contributed by atoms with Crippen LogP contribution >= 0.6 is 34.3 Å². The van der Waals surface area contributed by atoms with Gasteiger partial charge in [0.2, 0.25) is 30.4 Å². The summed E-state index contributed by atoms with van der Waals surface area (Å²) in [5, 5.41) is 10.0. The molecule has 0 unspecified atom stereocenters. The number of carboxylic acid groups (broad SMARTS) is 1. The van der Waals surface area contributed by atoms with Gasteiger partial charge in [0.05, 0.1) is 58.4 Å². The summed E-state index contributed by atoms with van der Waals surface area (Å²) in [6, 6.07) is 1.77. The lowest BCUT2D eigenvalue weighted by molar-refractivity contribution is -0.161. The number of hydrogen-bond acceptors (Lipinski definition) is 15. The summed E-state index contributed by atoms with van der Waals surface area (Å²) in [5.41, 5.74) is -1.14. The summed E-state index contributed by atoms with van der Waals surface area (Å²) in [6.45, 7) is 33.6. The van der Waals surface area contributed by atoms with Crippen LogP contribution in [0.25, 0.3) is 0 Å². The Balaban J connectivity index is 0.000000331. The average Bonchev–Trinajstić information content (AvgIpc) is 1.89. The maximum absolute atomic E-state index is 14.4. The van der Waals surface area contributed by atoms with Crippen LogP contribution in [0.4, 0.5) is 11.4 Å². The SMILES string of the molecule is CC(C)(C)C(=O)OCCl.CC[C@@H](C(=O)N1CCOCC1)N(C(=O)C1CCC(C)CC1)c1cc(C#CC(C)(C)C)sc1C(=O)O.CC[C@@H](C(=O)N1CCOCC1)N(C(=O)C1CCC(C)CC1)c1cc(C#CC(C)(C)C)sc1C(=O)OCOC(=O)C(C)(C)C. The van der Waals surface area contributed by atoms with Gasteiger partial charge in [-0.3, -0.25) is 38.6 Å². The van der Waals surface area contributed by atoms with Crippen molar-refractivity contribution in [3.05, 3.63) is 31.6 Å². The third kappa shape index (κ3) is 22.8. The first-order chi connectivity index (χ1) is 40.6. The van der Waals surface area contributed by atoms with E-state index in [4.69, 9.17) is 30.5 Å².